The minimum absolute atomic E-state index is 0.00472. The van der Waals surface area contributed by atoms with Crippen LogP contribution >= 0.6 is 12.2 Å². The van der Waals surface area contributed by atoms with Crippen molar-refractivity contribution in [3.05, 3.63) is 34.9 Å². The average molecular weight is 508 g/mol. The minimum atomic E-state index is -1.40. The van der Waals surface area contributed by atoms with Crippen molar-refractivity contribution in [1.29, 1.82) is 0 Å². The lowest BCUT2D eigenvalue weighted by atomic mass is 9.68. The van der Waals surface area contributed by atoms with Crippen molar-refractivity contribution < 1.29 is 24.0 Å². The molecule has 1 aliphatic carbocycles. The summed E-state index contributed by atoms with van der Waals surface area (Å²) in [4.78, 5) is 70.9. The predicted octanol–water partition coefficient (Wildman–Crippen LogP) is 1.04. The van der Waals surface area contributed by atoms with E-state index in [4.69, 9.17) is 12.2 Å². The van der Waals surface area contributed by atoms with Gasteiger partial charge in [-0.3, -0.25) is 39.2 Å². The van der Waals surface area contributed by atoms with E-state index in [2.05, 4.69) is 10.2 Å². The molecule has 6 amide bonds. The van der Waals surface area contributed by atoms with Gasteiger partial charge in [0, 0.05) is 32.4 Å². The Labute approximate surface area is 212 Å². The first-order valence-electron chi connectivity index (χ1n) is 12.1. The Morgan fingerprint density at radius 1 is 1.03 bits per heavy atom. The van der Waals surface area contributed by atoms with Crippen LogP contribution in [0, 0.1) is 5.41 Å². The molecule has 4 aliphatic heterocycles. The Morgan fingerprint density at radius 2 is 1.72 bits per heavy atom. The fourth-order valence-corrected chi connectivity index (χ4v) is 6.45. The highest BCUT2D eigenvalue weighted by atomic mass is 32.1. The first kappa shape index (κ1) is 22.8. The number of urea groups is 1. The number of nitrogens with one attached hydrogen (secondary N) is 1. The van der Waals surface area contributed by atoms with Gasteiger partial charge in [-0.1, -0.05) is 6.07 Å². The molecule has 0 radical (unpaired) electrons. The normalized spacial score (nSPS) is 26.7. The molecule has 11 heteroatoms. The average Bonchev–Trinajstić information content (AvgIpc) is 3.56. The highest BCUT2D eigenvalue weighted by Crippen LogP contribution is 2.49. The molecule has 1 aromatic carbocycles. The molecule has 1 saturated carbocycles. The van der Waals surface area contributed by atoms with Gasteiger partial charge >= 0.3 is 6.03 Å². The lowest BCUT2D eigenvalue weighted by Crippen LogP contribution is -2.70. The maximum atomic E-state index is 13.5. The Morgan fingerprint density at radius 3 is 2.39 bits per heavy atom. The Hall–Kier alpha value is -3.60. The number of thiocarbonyl (C=S) groups is 1. The lowest BCUT2D eigenvalue weighted by Gasteiger charge is -2.50. The van der Waals surface area contributed by atoms with Crippen molar-refractivity contribution >= 4 is 58.8 Å². The quantitative estimate of drug-likeness (QED) is 0.276. The van der Waals surface area contributed by atoms with E-state index in [1.165, 1.54) is 25.1 Å². The number of fused-ring (bicyclic) bond motifs is 4. The number of rotatable bonds is 2. The molecule has 1 aromatic rings. The number of hydrogen-bond donors (Lipinski definition) is 1. The molecule has 1 spiro atoms. The van der Waals surface area contributed by atoms with Gasteiger partial charge < -0.3 is 4.90 Å². The standard InChI is InChI=1S/C25H25N5O5S/c1-27-21(33)25(22(34)28(2)24(27)35)12-14-10-13(5-8-17(14)29-9-3-4-18(25)29)11-16-19(31)26-23(36)30(20(16)32)15-6-7-15/h5,8,10-11,15,18H,3-4,6-7,9,12H2,1-2H3,(H,26,31,36)/b16-11+/t18-/m1/s1. The Kier molecular flexibility index (Phi) is 4.88. The highest BCUT2D eigenvalue weighted by molar-refractivity contribution is 7.80. The molecular formula is C25H25N5O5S. The van der Waals surface area contributed by atoms with Crippen LogP contribution in [0.1, 0.15) is 36.8 Å². The van der Waals surface area contributed by atoms with E-state index in [1.807, 2.05) is 18.2 Å². The van der Waals surface area contributed by atoms with E-state index in [0.29, 0.717) is 18.5 Å². The van der Waals surface area contributed by atoms with E-state index < -0.39 is 35.1 Å². The van der Waals surface area contributed by atoms with Gasteiger partial charge in [0.15, 0.2) is 10.5 Å². The van der Waals surface area contributed by atoms with Crippen LogP contribution in [0.2, 0.25) is 0 Å². The number of carbonyl (C=O) groups is 5. The van der Waals surface area contributed by atoms with Gasteiger partial charge in [-0.2, -0.15) is 0 Å². The molecule has 186 valence electrons. The molecule has 36 heavy (non-hydrogen) atoms. The second-order valence-electron chi connectivity index (χ2n) is 10.1. The highest BCUT2D eigenvalue weighted by Gasteiger charge is 2.63. The van der Waals surface area contributed by atoms with Gasteiger partial charge in [-0.25, -0.2) is 4.79 Å². The first-order valence-corrected chi connectivity index (χ1v) is 12.5. The number of amides is 6. The number of imide groups is 2. The Bertz CT molecular complexity index is 1290. The van der Waals surface area contributed by atoms with E-state index in [9.17, 15) is 24.0 Å². The van der Waals surface area contributed by atoms with Crippen molar-refractivity contribution in [2.75, 3.05) is 25.5 Å². The summed E-state index contributed by atoms with van der Waals surface area (Å²) in [5, 5.41) is 2.74. The number of carbonyl (C=O) groups excluding carboxylic acids is 5. The van der Waals surface area contributed by atoms with Crippen molar-refractivity contribution in [3.63, 3.8) is 0 Å². The second-order valence-corrected chi connectivity index (χ2v) is 10.5. The minimum Gasteiger partial charge on any atom is -0.367 e. The molecule has 3 saturated heterocycles. The third-order valence-corrected chi connectivity index (χ3v) is 8.31. The van der Waals surface area contributed by atoms with Gasteiger partial charge in [-0.05, 0) is 73.7 Å². The molecule has 4 heterocycles. The van der Waals surface area contributed by atoms with Crippen molar-refractivity contribution in [3.8, 4) is 0 Å². The summed E-state index contributed by atoms with van der Waals surface area (Å²) < 4.78 is 0. The van der Waals surface area contributed by atoms with Crippen LogP contribution in [-0.4, -0.2) is 82.2 Å². The molecule has 0 unspecified atom stereocenters. The Balaban J connectivity index is 1.42. The van der Waals surface area contributed by atoms with Gasteiger partial charge in [0.1, 0.15) is 5.57 Å². The maximum Gasteiger partial charge on any atom is 0.332 e. The van der Waals surface area contributed by atoms with Gasteiger partial charge in [0.05, 0.1) is 6.04 Å². The number of anilines is 1. The fourth-order valence-electron chi connectivity index (χ4n) is 6.13. The third-order valence-electron chi connectivity index (χ3n) is 8.01. The summed E-state index contributed by atoms with van der Waals surface area (Å²) in [6.45, 7) is 0.691. The molecule has 4 fully saturated rings. The number of nitrogens with zero attached hydrogens (tertiary/aromatic N) is 4. The van der Waals surface area contributed by atoms with Crippen LogP contribution in [0.4, 0.5) is 10.5 Å². The monoisotopic (exact) mass is 507 g/mol. The fraction of sp³-hybridized carbons (Fsp3) is 0.440. The van der Waals surface area contributed by atoms with Crippen LogP contribution in [-0.2, 0) is 25.6 Å². The van der Waals surface area contributed by atoms with Gasteiger partial charge in [0.25, 0.3) is 11.8 Å². The van der Waals surface area contributed by atoms with Crippen LogP contribution in [0.25, 0.3) is 6.08 Å². The summed E-state index contributed by atoms with van der Waals surface area (Å²) in [6, 6.07) is 4.61. The zero-order chi connectivity index (χ0) is 25.5. The molecule has 1 N–H and O–H groups in total. The van der Waals surface area contributed by atoms with Gasteiger partial charge in [0.2, 0.25) is 11.8 Å². The van der Waals surface area contributed by atoms with E-state index in [-0.39, 0.29) is 29.2 Å². The van der Waals surface area contributed by atoms with Crippen molar-refractivity contribution in [2.45, 2.75) is 44.2 Å². The molecule has 0 bridgehead atoms. The lowest BCUT2D eigenvalue weighted by molar-refractivity contribution is -0.159. The second kappa shape index (κ2) is 7.70. The molecule has 1 atom stereocenters. The number of hydrogen-bond acceptors (Lipinski definition) is 7. The summed E-state index contributed by atoms with van der Waals surface area (Å²) in [6.07, 6.45) is 4.86. The third kappa shape index (κ3) is 3.01. The van der Waals surface area contributed by atoms with Crippen LogP contribution in [0.3, 0.4) is 0 Å². The van der Waals surface area contributed by atoms with E-state index in [0.717, 1.165) is 40.3 Å². The zero-order valence-corrected chi connectivity index (χ0v) is 20.8. The van der Waals surface area contributed by atoms with E-state index >= 15 is 0 Å². The summed E-state index contributed by atoms with van der Waals surface area (Å²) >= 11 is 5.20. The van der Waals surface area contributed by atoms with Crippen LogP contribution in [0.15, 0.2) is 23.8 Å². The number of benzene rings is 1. The summed E-state index contributed by atoms with van der Waals surface area (Å²) in [5.41, 5.74) is 0.888. The van der Waals surface area contributed by atoms with E-state index in [1.54, 1.807) is 0 Å². The largest absolute Gasteiger partial charge is 0.367 e. The number of barbiturate groups is 1. The first-order chi connectivity index (χ1) is 17.1. The van der Waals surface area contributed by atoms with Crippen LogP contribution < -0.4 is 10.2 Å². The topological polar surface area (TPSA) is 110 Å². The molecule has 6 rings (SSSR count). The zero-order valence-electron chi connectivity index (χ0n) is 19.9. The van der Waals surface area contributed by atoms with Crippen molar-refractivity contribution in [1.82, 2.24) is 20.0 Å². The molecular weight excluding hydrogens is 482 g/mol. The molecule has 5 aliphatic rings. The summed E-state index contributed by atoms with van der Waals surface area (Å²) in [7, 11) is 2.82. The van der Waals surface area contributed by atoms with Crippen molar-refractivity contribution in [2.24, 2.45) is 5.41 Å². The maximum absolute atomic E-state index is 13.5. The SMILES string of the molecule is CN1C(=O)N(C)C(=O)C2(Cc3cc(/C=C4\C(=O)NC(=S)N(C5CC5)C4=O)ccc3N3CCC[C@@H]32)C1=O. The smallest absolute Gasteiger partial charge is 0.332 e. The molecule has 10 nitrogen and oxygen atoms in total. The predicted molar refractivity (Wildman–Crippen MR) is 132 cm³/mol. The van der Waals surface area contributed by atoms with Crippen LogP contribution in [0.5, 0.6) is 0 Å². The summed E-state index contributed by atoms with van der Waals surface area (Å²) in [5.74, 6) is -1.94. The van der Waals surface area contributed by atoms with Gasteiger partial charge in [-0.15, -0.1) is 0 Å². The molecule has 0 aromatic heterocycles.